The van der Waals surface area contributed by atoms with E-state index in [2.05, 4.69) is 25.3 Å². The van der Waals surface area contributed by atoms with Gasteiger partial charge in [0, 0.05) is 52.7 Å². The van der Waals surface area contributed by atoms with Crippen LogP contribution in [0, 0.1) is 28.6 Å². The Morgan fingerprint density at radius 3 is 2.57 bits per heavy atom. The molecule has 0 aromatic carbocycles. The van der Waals surface area contributed by atoms with Crippen LogP contribution in [0.2, 0.25) is 0 Å². The third kappa shape index (κ3) is 6.76. The number of hydrogen-bond acceptors (Lipinski definition) is 10. The van der Waals surface area contributed by atoms with Crippen molar-refractivity contribution in [1.82, 2.24) is 25.3 Å². The lowest BCUT2D eigenvalue weighted by Gasteiger charge is -2.56. The maximum absolute atomic E-state index is 13.3. The van der Waals surface area contributed by atoms with E-state index in [0.717, 1.165) is 29.4 Å². The van der Waals surface area contributed by atoms with Crippen LogP contribution in [0.25, 0.3) is 22.4 Å². The third-order valence-electron chi connectivity index (χ3n) is 12.4. The fourth-order valence-electron chi connectivity index (χ4n) is 9.29. The molecule has 288 valence electrons. The molecule has 3 aromatic rings. The Kier molecular flexibility index (Phi) is 10.2. The van der Waals surface area contributed by atoms with E-state index in [1.807, 2.05) is 31.3 Å². The van der Waals surface area contributed by atoms with Crippen molar-refractivity contribution < 1.29 is 42.6 Å². The SMILES string of the molecule is CC[C@@](C)(Nc1ccnc(-c2c[nH]c3ncccc23)n1)C(=O)NCC(F)(F)F.C[C@]12C=CC(=O)C=C1CC[C@@H]1[C@@H]2C(=O)C[C@@]2(C)[C@H]1CC[C@]2(O)C(=O)CO. The van der Waals surface area contributed by atoms with Crippen molar-refractivity contribution in [1.29, 1.82) is 0 Å². The molecule has 3 heterocycles. The van der Waals surface area contributed by atoms with Crippen LogP contribution in [-0.4, -0.2) is 83.9 Å². The highest BCUT2D eigenvalue weighted by Crippen LogP contribution is 2.66. The molecule has 3 aromatic heterocycles. The Bertz CT molecular complexity index is 2050. The summed E-state index contributed by atoms with van der Waals surface area (Å²) in [5.41, 5.74) is -1.71. The molecule has 0 aliphatic heterocycles. The Hall–Kier alpha value is -4.76. The summed E-state index contributed by atoms with van der Waals surface area (Å²) in [5.74, 6) is -0.621. The molecule has 1 amide bonds. The van der Waals surface area contributed by atoms with E-state index >= 15 is 0 Å². The molecule has 4 aliphatic rings. The average molecular weight is 751 g/mol. The smallest absolute Gasteiger partial charge is 0.388 e. The van der Waals surface area contributed by atoms with Gasteiger partial charge in [0.1, 0.15) is 41.5 Å². The van der Waals surface area contributed by atoms with Gasteiger partial charge in [0.25, 0.3) is 0 Å². The highest BCUT2D eigenvalue weighted by Gasteiger charge is 2.68. The fourth-order valence-corrected chi connectivity index (χ4v) is 9.29. The average Bonchev–Trinajstić information content (AvgIpc) is 3.69. The lowest BCUT2D eigenvalue weighted by molar-refractivity contribution is -0.168. The number of aliphatic hydroxyl groups is 2. The number of allylic oxidation sites excluding steroid dienone is 4. The molecule has 3 fully saturated rings. The number of rotatable bonds is 8. The first-order valence-electron chi connectivity index (χ1n) is 18.1. The van der Waals surface area contributed by atoms with E-state index in [9.17, 15) is 42.6 Å². The van der Waals surface area contributed by atoms with E-state index in [1.54, 1.807) is 43.6 Å². The lowest BCUT2D eigenvalue weighted by atomic mass is 9.46. The van der Waals surface area contributed by atoms with Gasteiger partial charge in [-0.1, -0.05) is 32.4 Å². The van der Waals surface area contributed by atoms with Crippen LogP contribution in [0.15, 0.2) is 60.6 Å². The van der Waals surface area contributed by atoms with Crippen LogP contribution in [0.1, 0.15) is 66.2 Å². The molecule has 15 heteroatoms. The highest BCUT2D eigenvalue weighted by molar-refractivity contribution is 6.02. The molecule has 5 N–H and O–H groups in total. The maximum Gasteiger partial charge on any atom is 0.405 e. The fraction of sp³-hybridized carbons (Fsp3) is 0.513. The zero-order valence-corrected chi connectivity index (χ0v) is 30.6. The highest BCUT2D eigenvalue weighted by atomic mass is 19.4. The predicted molar refractivity (Wildman–Crippen MR) is 193 cm³/mol. The molecule has 0 saturated heterocycles. The number of amides is 1. The van der Waals surface area contributed by atoms with Crippen LogP contribution in [-0.2, 0) is 19.2 Å². The normalized spacial score (nSPS) is 29.9. The second-order valence-corrected chi connectivity index (χ2v) is 15.5. The molecule has 4 aliphatic carbocycles. The largest absolute Gasteiger partial charge is 0.405 e. The molecule has 12 nitrogen and oxygen atoms in total. The van der Waals surface area contributed by atoms with Crippen molar-refractivity contribution in [2.24, 2.45) is 28.6 Å². The van der Waals surface area contributed by atoms with Gasteiger partial charge in [-0.25, -0.2) is 15.0 Å². The molecule has 0 radical (unpaired) electrons. The second-order valence-electron chi connectivity index (χ2n) is 15.5. The van der Waals surface area contributed by atoms with Gasteiger partial charge in [-0.3, -0.25) is 19.2 Å². The summed E-state index contributed by atoms with van der Waals surface area (Å²) >= 11 is 0. The molecule has 0 unspecified atom stereocenters. The van der Waals surface area contributed by atoms with Crippen molar-refractivity contribution >= 4 is 40.1 Å². The second kappa shape index (κ2) is 14.1. The predicted octanol–water partition coefficient (Wildman–Crippen LogP) is 5.04. The van der Waals surface area contributed by atoms with Crippen LogP contribution in [0.5, 0.6) is 0 Å². The minimum Gasteiger partial charge on any atom is -0.388 e. The van der Waals surface area contributed by atoms with Gasteiger partial charge in [0.05, 0.1) is 0 Å². The summed E-state index contributed by atoms with van der Waals surface area (Å²) in [6.45, 7) is 5.03. The summed E-state index contributed by atoms with van der Waals surface area (Å²) in [4.78, 5) is 65.6. The number of fused-ring (bicyclic) bond motifs is 6. The number of anilines is 1. The summed E-state index contributed by atoms with van der Waals surface area (Å²) in [5, 5.41) is 26.1. The number of carbonyl (C=O) groups excluding carboxylic acids is 4. The number of aromatic amines is 1. The van der Waals surface area contributed by atoms with Gasteiger partial charge in [0.2, 0.25) is 5.91 Å². The standard InChI is InChI=1S/C21H26O5.C18H19F3N6O/c1-19-7-5-13(23)9-12(19)3-4-14-15-6-8-21(26,17(25)11-22)20(15,2)10-16(24)18(14)19;1-3-17(2,16(28)25-10-18(19,20)21)27-13-6-8-23-15(26-13)12-9-24-14-11(12)5-4-7-22-14/h5,7,9,14-15,18,22,26H,3-4,6,8,10-11H2,1-2H3;4-9H,3,10H2,1-2H3,(H,22,24)(H,25,28)(H,23,26,27)/t14-,15-,18+,19-,20-,21-;17-/m01/s1. The summed E-state index contributed by atoms with van der Waals surface area (Å²) in [6, 6.07) is 5.22. The number of pyridine rings is 1. The molecule has 0 spiro atoms. The van der Waals surface area contributed by atoms with E-state index in [-0.39, 0.29) is 42.2 Å². The van der Waals surface area contributed by atoms with Crippen molar-refractivity contribution in [3.63, 3.8) is 0 Å². The Balaban J connectivity index is 0.000000185. The zero-order chi connectivity index (χ0) is 39.3. The van der Waals surface area contributed by atoms with E-state index < -0.39 is 53.0 Å². The first kappa shape index (κ1) is 38.9. The number of aromatic nitrogens is 4. The summed E-state index contributed by atoms with van der Waals surface area (Å²) in [6.07, 6.45) is 8.51. The van der Waals surface area contributed by atoms with Crippen LogP contribution in [0.4, 0.5) is 19.0 Å². The molecule has 54 heavy (non-hydrogen) atoms. The van der Waals surface area contributed by atoms with Crippen molar-refractivity contribution in [2.45, 2.75) is 83.5 Å². The van der Waals surface area contributed by atoms with Crippen LogP contribution >= 0.6 is 0 Å². The first-order chi connectivity index (χ1) is 25.4. The monoisotopic (exact) mass is 750 g/mol. The Morgan fingerprint density at radius 2 is 1.87 bits per heavy atom. The quantitative estimate of drug-likeness (QED) is 0.209. The zero-order valence-electron chi connectivity index (χ0n) is 30.6. The lowest BCUT2D eigenvalue weighted by Crippen LogP contribution is -2.60. The number of Topliss-reactive ketones (excluding diaryl/α,β-unsaturated/α-hetero) is 2. The van der Waals surface area contributed by atoms with Gasteiger partial charge in [-0.15, -0.1) is 0 Å². The third-order valence-corrected chi connectivity index (χ3v) is 12.4. The molecule has 7 rings (SSSR count). The number of carbonyl (C=O) groups is 4. The van der Waals surface area contributed by atoms with E-state index in [0.29, 0.717) is 30.1 Å². The van der Waals surface area contributed by atoms with Crippen LogP contribution in [0.3, 0.4) is 0 Å². The van der Waals surface area contributed by atoms with Crippen LogP contribution < -0.4 is 10.6 Å². The van der Waals surface area contributed by atoms with Gasteiger partial charge >= 0.3 is 6.18 Å². The number of nitrogens with one attached hydrogen (secondary N) is 3. The van der Waals surface area contributed by atoms with Gasteiger partial charge in [0.15, 0.2) is 17.4 Å². The summed E-state index contributed by atoms with van der Waals surface area (Å²) < 4.78 is 37.2. The first-order valence-corrected chi connectivity index (χ1v) is 18.1. The van der Waals surface area contributed by atoms with E-state index in [4.69, 9.17) is 0 Å². The molecule has 3 saturated carbocycles. The number of hydrogen-bond donors (Lipinski definition) is 5. The van der Waals surface area contributed by atoms with Gasteiger partial charge in [-0.2, -0.15) is 13.2 Å². The number of nitrogens with zero attached hydrogens (tertiary/aromatic N) is 3. The number of alkyl halides is 3. The maximum atomic E-state index is 13.3. The van der Waals surface area contributed by atoms with Crippen molar-refractivity contribution in [3.8, 4) is 11.4 Å². The Morgan fingerprint density at radius 1 is 1.11 bits per heavy atom. The number of H-pyrrole nitrogens is 1. The molecule has 7 atom stereocenters. The number of ketones is 3. The van der Waals surface area contributed by atoms with E-state index in [1.165, 1.54) is 13.1 Å². The van der Waals surface area contributed by atoms with Gasteiger partial charge < -0.3 is 25.8 Å². The molecular weight excluding hydrogens is 705 g/mol. The Labute approximate surface area is 310 Å². The minimum atomic E-state index is -4.48. The molecule has 0 bridgehead atoms. The van der Waals surface area contributed by atoms with Crippen molar-refractivity contribution in [3.05, 3.63) is 60.6 Å². The van der Waals surface area contributed by atoms with Crippen molar-refractivity contribution in [2.75, 3.05) is 18.5 Å². The topological polar surface area (TPSA) is 187 Å². The number of halogens is 3. The van der Waals surface area contributed by atoms with Gasteiger partial charge in [-0.05, 0) is 81.2 Å². The molecular formula is C39H45F3N6O6. The minimum absolute atomic E-state index is 0.0206. The summed E-state index contributed by atoms with van der Waals surface area (Å²) in [7, 11) is 0. The number of aliphatic hydroxyl groups excluding tert-OH is 1.